The van der Waals surface area contributed by atoms with Gasteiger partial charge in [-0.2, -0.15) is 0 Å². The Bertz CT molecular complexity index is 645. The normalized spacial score (nSPS) is 11.3. The molecule has 0 heterocycles. The first-order valence-corrected chi connectivity index (χ1v) is 7.60. The van der Waals surface area contributed by atoms with Crippen molar-refractivity contribution in [2.45, 2.75) is 31.6 Å². The Kier molecular flexibility index (Phi) is 5.39. The molecule has 0 bridgehead atoms. The number of aryl methyl sites for hydroxylation is 2. The maximum Gasteiger partial charge on any atom is 0.303 e. The van der Waals surface area contributed by atoms with Crippen molar-refractivity contribution in [1.82, 2.24) is 4.72 Å². The quantitative estimate of drug-likeness (QED) is 0.444. The molecule has 0 atom stereocenters. The summed E-state index contributed by atoms with van der Waals surface area (Å²) in [6.45, 7) is 2.95. The predicted molar refractivity (Wildman–Crippen MR) is 74.6 cm³/mol. The molecule has 0 unspecified atom stereocenters. The number of nitrogens with one attached hydrogen (secondary N) is 1. The molecule has 0 aromatic heterocycles. The number of sulfonamides is 1. The number of carboxylic acid groups (broad SMARTS) is 1. The molecular weight excluding hydrogens is 300 g/mol. The Morgan fingerprint density at radius 2 is 1.86 bits per heavy atom. The van der Waals surface area contributed by atoms with Gasteiger partial charge in [0.2, 0.25) is 10.0 Å². The van der Waals surface area contributed by atoms with Crippen molar-refractivity contribution in [1.29, 1.82) is 0 Å². The summed E-state index contributed by atoms with van der Waals surface area (Å²) in [6, 6.07) is 2.39. The molecule has 0 saturated heterocycles. The monoisotopic (exact) mass is 316 g/mol. The van der Waals surface area contributed by atoms with Gasteiger partial charge in [-0.15, -0.1) is 0 Å². The highest BCUT2D eigenvalue weighted by atomic mass is 32.2. The van der Waals surface area contributed by atoms with Gasteiger partial charge in [-0.1, -0.05) is 0 Å². The molecule has 2 N–H and O–H groups in total. The number of carbonyl (C=O) groups is 1. The van der Waals surface area contributed by atoms with E-state index in [4.69, 9.17) is 5.11 Å². The van der Waals surface area contributed by atoms with Crippen molar-refractivity contribution < 1.29 is 23.2 Å². The van der Waals surface area contributed by atoms with Crippen LogP contribution in [0.3, 0.4) is 0 Å². The van der Waals surface area contributed by atoms with Crippen LogP contribution in [0.5, 0.6) is 0 Å². The van der Waals surface area contributed by atoms with Gasteiger partial charge < -0.3 is 5.11 Å². The molecule has 0 spiro atoms. The standard InChI is InChI=1S/C12H16N2O6S/c1-8-6-10(14(17)18)7-9(2)12(8)21(19,20)13-5-3-4-11(15)16/h6-7,13H,3-5H2,1-2H3,(H,15,16). The van der Waals surface area contributed by atoms with Crippen LogP contribution in [0.4, 0.5) is 5.69 Å². The molecule has 9 heteroatoms. The van der Waals surface area contributed by atoms with E-state index in [0.717, 1.165) is 0 Å². The fraction of sp³-hybridized carbons (Fsp3) is 0.417. The molecule has 0 saturated carbocycles. The van der Waals surface area contributed by atoms with E-state index in [0.29, 0.717) is 0 Å². The molecule has 0 aliphatic rings. The van der Waals surface area contributed by atoms with Crippen LogP contribution in [-0.4, -0.2) is 31.0 Å². The van der Waals surface area contributed by atoms with Crippen LogP contribution in [-0.2, 0) is 14.8 Å². The van der Waals surface area contributed by atoms with Gasteiger partial charge in [0, 0.05) is 25.1 Å². The van der Waals surface area contributed by atoms with Crippen molar-refractivity contribution in [3.05, 3.63) is 33.4 Å². The van der Waals surface area contributed by atoms with E-state index in [-0.39, 0.29) is 41.1 Å². The number of nitro groups is 1. The average Bonchev–Trinajstić information content (AvgIpc) is 2.33. The van der Waals surface area contributed by atoms with Gasteiger partial charge in [0.1, 0.15) is 0 Å². The molecule has 21 heavy (non-hydrogen) atoms. The van der Waals surface area contributed by atoms with E-state index < -0.39 is 20.9 Å². The minimum absolute atomic E-state index is 0.00942. The second-order valence-electron chi connectivity index (χ2n) is 4.56. The summed E-state index contributed by atoms with van der Waals surface area (Å²) >= 11 is 0. The van der Waals surface area contributed by atoms with Gasteiger partial charge in [0.25, 0.3) is 5.69 Å². The first-order chi connectivity index (χ1) is 9.65. The minimum atomic E-state index is -3.83. The highest BCUT2D eigenvalue weighted by Gasteiger charge is 2.22. The molecule has 8 nitrogen and oxygen atoms in total. The zero-order valence-corrected chi connectivity index (χ0v) is 12.4. The van der Waals surface area contributed by atoms with E-state index in [1.165, 1.54) is 26.0 Å². The predicted octanol–water partition coefficient (Wildman–Crippen LogP) is 1.35. The van der Waals surface area contributed by atoms with Gasteiger partial charge in [0.05, 0.1) is 9.82 Å². The van der Waals surface area contributed by atoms with Gasteiger partial charge in [0.15, 0.2) is 0 Å². The molecule has 1 aromatic carbocycles. The van der Waals surface area contributed by atoms with Crippen LogP contribution < -0.4 is 4.72 Å². The number of hydrogen-bond donors (Lipinski definition) is 2. The van der Waals surface area contributed by atoms with Crippen molar-refractivity contribution >= 4 is 21.7 Å². The maximum atomic E-state index is 12.2. The van der Waals surface area contributed by atoms with Gasteiger partial charge in [-0.3, -0.25) is 14.9 Å². The third-order valence-electron chi connectivity index (χ3n) is 2.78. The lowest BCUT2D eigenvalue weighted by Gasteiger charge is -2.11. The van der Waals surface area contributed by atoms with E-state index in [1.807, 2.05) is 0 Å². The Morgan fingerprint density at radius 3 is 2.29 bits per heavy atom. The summed E-state index contributed by atoms with van der Waals surface area (Å²) < 4.78 is 26.6. The Morgan fingerprint density at radius 1 is 1.33 bits per heavy atom. The van der Waals surface area contributed by atoms with Crippen molar-refractivity contribution in [3.63, 3.8) is 0 Å². The number of non-ortho nitro benzene ring substituents is 1. The van der Waals surface area contributed by atoms with Crippen molar-refractivity contribution in [2.24, 2.45) is 0 Å². The van der Waals surface area contributed by atoms with E-state index in [1.54, 1.807) is 0 Å². The fourth-order valence-electron chi connectivity index (χ4n) is 1.98. The molecule has 116 valence electrons. The molecule has 0 amide bonds. The van der Waals surface area contributed by atoms with Crippen molar-refractivity contribution in [3.8, 4) is 0 Å². The zero-order chi connectivity index (χ0) is 16.2. The van der Waals surface area contributed by atoms with Crippen molar-refractivity contribution in [2.75, 3.05) is 6.54 Å². The van der Waals surface area contributed by atoms with E-state index in [2.05, 4.69) is 4.72 Å². The molecule has 0 fully saturated rings. The first-order valence-electron chi connectivity index (χ1n) is 6.12. The number of carboxylic acids is 1. The third-order valence-corrected chi connectivity index (χ3v) is 4.55. The second-order valence-corrected chi connectivity index (χ2v) is 6.26. The van der Waals surface area contributed by atoms with Gasteiger partial charge in [-0.25, -0.2) is 13.1 Å². The Balaban J connectivity index is 2.98. The lowest BCUT2D eigenvalue weighted by molar-refractivity contribution is -0.385. The van der Waals surface area contributed by atoms with Gasteiger partial charge in [-0.05, 0) is 31.4 Å². The number of rotatable bonds is 7. The van der Waals surface area contributed by atoms with Crippen LogP contribution in [0.1, 0.15) is 24.0 Å². The summed E-state index contributed by atoms with van der Waals surface area (Å²) in [6.07, 6.45) is 0.0282. The molecule has 1 rings (SSSR count). The van der Waals surface area contributed by atoms with Gasteiger partial charge >= 0.3 is 5.97 Å². The third kappa shape index (κ3) is 4.50. The van der Waals surface area contributed by atoms with Crippen LogP contribution in [0.25, 0.3) is 0 Å². The summed E-state index contributed by atoms with van der Waals surface area (Å²) in [5.41, 5.74) is 0.370. The molecule has 0 aliphatic heterocycles. The number of aliphatic carboxylic acids is 1. The smallest absolute Gasteiger partial charge is 0.303 e. The SMILES string of the molecule is Cc1cc([N+](=O)[O-])cc(C)c1S(=O)(=O)NCCCC(=O)O. The molecular formula is C12H16N2O6S. The van der Waals surface area contributed by atoms with Crippen LogP contribution in [0.2, 0.25) is 0 Å². The number of hydrogen-bond acceptors (Lipinski definition) is 5. The van der Waals surface area contributed by atoms with E-state index >= 15 is 0 Å². The zero-order valence-electron chi connectivity index (χ0n) is 11.6. The van der Waals surface area contributed by atoms with Crippen LogP contribution >= 0.6 is 0 Å². The summed E-state index contributed by atoms with van der Waals surface area (Å²) in [5, 5.41) is 19.2. The topological polar surface area (TPSA) is 127 Å². The Hall–Kier alpha value is -2.00. The summed E-state index contributed by atoms with van der Waals surface area (Å²) in [4.78, 5) is 20.5. The number of benzene rings is 1. The van der Waals surface area contributed by atoms with Crippen LogP contribution in [0.15, 0.2) is 17.0 Å². The summed E-state index contributed by atoms with van der Waals surface area (Å²) in [5.74, 6) is -1.00. The number of nitrogens with zero attached hydrogens (tertiary/aromatic N) is 1. The highest BCUT2D eigenvalue weighted by Crippen LogP contribution is 2.25. The molecule has 0 aliphatic carbocycles. The van der Waals surface area contributed by atoms with Crippen LogP contribution in [0, 0.1) is 24.0 Å². The lowest BCUT2D eigenvalue weighted by Crippen LogP contribution is -2.26. The number of nitro benzene ring substituents is 1. The average molecular weight is 316 g/mol. The Labute approximate surface area is 122 Å². The summed E-state index contributed by atoms with van der Waals surface area (Å²) in [7, 11) is -3.83. The minimum Gasteiger partial charge on any atom is -0.481 e. The second kappa shape index (κ2) is 6.64. The fourth-order valence-corrected chi connectivity index (χ4v) is 3.50. The molecule has 0 radical (unpaired) electrons. The maximum absolute atomic E-state index is 12.2. The lowest BCUT2D eigenvalue weighted by atomic mass is 10.1. The molecule has 1 aromatic rings. The van der Waals surface area contributed by atoms with E-state index in [9.17, 15) is 23.3 Å². The first kappa shape index (κ1) is 17.1. The highest BCUT2D eigenvalue weighted by molar-refractivity contribution is 7.89. The largest absolute Gasteiger partial charge is 0.481 e.